The minimum Gasteiger partial charge on any atom is -0.461 e. The third-order valence-corrected chi connectivity index (χ3v) is 4.24. The number of hydrogen-bond donors (Lipinski definition) is 0. The van der Waals surface area contributed by atoms with E-state index in [2.05, 4.69) is 4.90 Å². The summed E-state index contributed by atoms with van der Waals surface area (Å²) in [7, 11) is 0. The molecule has 0 saturated carbocycles. The highest BCUT2D eigenvalue weighted by atomic mass is 16.5. The van der Waals surface area contributed by atoms with Gasteiger partial charge in [-0.1, -0.05) is 30.3 Å². The third-order valence-electron chi connectivity index (χ3n) is 4.24. The summed E-state index contributed by atoms with van der Waals surface area (Å²) < 4.78 is 5.41. The summed E-state index contributed by atoms with van der Waals surface area (Å²) >= 11 is 0. The molecule has 2 aliphatic rings. The second-order valence-corrected chi connectivity index (χ2v) is 5.54. The molecule has 4 nitrogen and oxygen atoms in total. The van der Waals surface area contributed by atoms with E-state index >= 15 is 0 Å². The lowest BCUT2D eigenvalue weighted by atomic mass is 9.88. The van der Waals surface area contributed by atoms with Crippen LogP contribution in [0.3, 0.4) is 0 Å². The number of Topliss-reactive ketones (excluding diaryl/α,β-unsaturated/α-hetero) is 1. The topological polar surface area (TPSA) is 46.6 Å². The highest BCUT2D eigenvalue weighted by Gasteiger charge is 2.44. The first-order valence-electron chi connectivity index (χ1n) is 7.23. The minimum absolute atomic E-state index is 0.200. The first-order chi connectivity index (χ1) is 9.75. The van der Waals surface area contributed by atoms with Gasteiger partial charge in [-0.2, -0.15) is 0 Å². The Hall–Kier alpha value is -1.68. The monoisotopic (exact) mass is 273 g/mol. The van der Waals surface area contributed by atoms with Gasteiger partial charge in [0.1, 0.15) is 6.61 Å². The Bertz CT molecular complexity index is 500. The number of carbonyl (C=O) groups is 2. The highest BCUT2D eigenvalue weighted by molar-refractivity contribution is 5.91. The molecule has 106 valence electrons. The van der Waals surface area contributed by atoms with Crippen LogP contribution in [0.2, 0.25) is 0 Å². The fraction of sp³-hybridized carbons (Fsp3) is 0.500. The molecule has 0 spiro atoms. The van der Waals surface area contributed by atoms with E-state index in [-0.39, 0.29) is 30.3 Å². The Labute approximate surface area is 118 Å². The molecule has 2 heterocycles. The van der Waals surface area contributed by atoms with Crippen LogP contribution in [0, 0.1) is 5.92 Å². The van der Waals surface area contributed by atoms with Crippen molar-refractivity contribution in [2.45, 2.75) is 31.9 Å². The fourth-order valence-corrected chi connectivity index (χ4v) is 3.23. The number of esters is 1. The van der Waals surface area contributed by atoms with E-state index in [1.54, 1.807) is 0 Å². The normalized spacial score (nSPS) is 26.3. The maximum absolute atomic E-state index is 12.3. The lowest BCUT2D eigenvalue weighted by molar-refractivity contribution is -0.155. The van der Waals surface area contributed by atoms with E-state index in [9.17, 15) is 9.59 Å². The van der Waals surface area contributed by atoms with Crippen LogP contribution in [0.25, 0.3) is 0 Å². The van der Waals surface area contributed by atoms with E-state index in [0.717, 1.165) is 31.5 Å². The highest BCUT2D eigenvalue weighted by Crippen LogP contribution is 2.30. The Morgan fingerprint density at radius 3 is 2.85 bits per heavy atom. The molecule has 0 aromatic heterocycles. The van der Waals surface area contributed by atoms with Crippen LogP contribution >= 0.6 is 0 Å². The van der Waals surface area contributed by atoms with Gasteiger partial charge in [0, 0.05) is 13.0 Å². The average molecular weight is 273 g/mol. The molecule has 2 fully saturated rings. The largest absolute Gasteiger partial charge is 0.461 e. The van der Waals surface area contributed by atoms with Gasteiger partial charge in [0.05, 0.1) is 12.0 Å². The molecule has 2 aliphatic heterocycles. The van der Waals surface area contributed by atoms with Gasteiger partial charge in [-0.15, -0.1) is 0 Å². The van der Waals surface area contributed by atoms with Crippen molar-refractivity contribution in [3.63, 3.8) is 0 Å². The molecule has 0 aliphatic carbocycles. The van der Waals surface area contributed by atoms with Crippen LogP contribution in [0.15, 0.2) is 30.3 Å². The molecule has 1 aromatic carbocycles. The molecular weight excluding hydrogens is 254 g/mol. The summed E-state index contributed by atoms with van der Waals surface area (Å²) in [6.45, 7) is 2.02. The van der Waals surface area contributed by atoms with E-state index in [4.69, 9.17) is 4.74 Å². The number of ether oxygens (including phenoxy) is 1. The van der Waals surface area contributed by atoms with Gasteiger partial charge in [-0.25, -0.2) is 0 Å². The quantitative estimate of drug-likeness (QED) is 0.788. The van der Waals surface area contributed by atoms with Crippen LogP contribution in [-0.4, -0.2) is 35.8 Å². The zero-order valence-electron chi connectivity index (χ0n) is 11.5. The van der Waals surface area contributed by atoms with Gasteiger partial charge >= 0.3 is 5.97 Å². The lowest BCUT2D eigenvalue weighted by Crippen LogP contribution is -2.47. The van der Waals surface area contributed by atoms with Crippen LogP contribution < -0.4 is 0 Å². The summed E-state index contributed by atoms with van der Waals surface area (Å²) in [5.41, 5.74) is 0.978. The SMILES string of the molecule is O=C1CCN2CCC[C@@H](C(=O)OCc3ccccc3)[C@@H]12. The molecule has 0 unspecified atom stereocenters. The Morgan fingerprint density at radius 1 is 1.25 bits per heavy atom. The standard InChI is InChI=1S/C16H19NO3/c18-14-8-10-17-9-4-7-13(15(14)17)16(19)20-11-12-5-2-1-3-6-12/h1-3,5-6,13,15H,4,7-11H2/t13-,15+/m1/s1. The van der Waals surface area contributed by atoms with Crippen molar-refractivity contribution in [2.24, 2.45) is 5.92 Å². The van der Waals surface area contributed by atoms with Crippen molar-refractivity contribution in [1.29, 1.82) is 0 Å². The molecule has 20 heavy (non-hydrogen) atoms. The maximum Gasteiger partial charge on any atom is 0.311 e. The van der Waals surface area contributed by atoms with E-state index in [0.29, 0.717) is 6.42 Å². The summed E-state index contributed by atoms with van der Waals surface area (Å²) in [5, 5.41) is 0. The summed E-state index contributed by atoms with van der Waals surface area (Å²) in [6, 6.07) is 9.41. The Balaban J connectivity index is 1.63. The average Bonchev–Trinajstić information content (AvgIpc) is 2.87. The summed E-state index contributed by atoms with van der Waals surface area (Å²) in [6.07, 6.45) is 2.31. The van der Waals surface area contributed by atoms with E-state index in [1.807, 2.05) is 30.3 Å². The molecule has 0 amide bonds. The minimum atomic E-state index is -0.275. The summed E-state index contributed by atoms with van der Waals surface area (Å²) in [4.78, 5) is 26.3. The first kappa shape index (κ1) is 13.3. The Kier molecular flexibility index (Phi) is 3.83. The molecule has 1 aromatic rings. The lowest BCUT2D eigenvalue weighted by Gasteiger charge is -2.33. The molecule has 4 heteroatoms. The zero-order chi connectivity index (χ0) is 13.9. The maximum atomic E-state index is 12.3. The van der Waals surface area contributed by atoms with E-state index in [1.165, 1.54) is 0 Å². The molecule has 3 rings (SSSR count). The van der Waals surface area contributed by atoms with Gasteiger partial charge in [-0.3, -0.25) is 14.5 Å². The third kappa shape index (κ3) is 2.61. The molecule has 0 bridgehead atoms. The van der Waals surface area contributed by atoms with Crippen LogP contribution in [0.4, 0.5) is 0 Å². The number of nitrogens with zero attached hydrogens (tertiary/aromatic N) is 1. The van der Waals surface area contributed by atoms with Crippen LogP contribution in [-0.2, 0) is 20.9 Å². The van der Waals surface area contributed by atoms with Gasteiger partial charge in [0.25, 0.3) is 0 Å². The molecule has 0 radical (unpaired) electrons. The number of hydrogen-bond acceptors (Lipinski definition) is 4. The van der Waals surface area contributed by atoms with Gasteiger partial charge < -0.3 is 4.74 Å². The van der Waals surface area contributed by atoms with E-state index < -0.39 is 0 Å². The van der Waals surface area contributed by atoms with Crippen molar-refractivity contribution in [3.8, 4) is 0 Å². The van der Waals surface area contributed by atoms with Gasteiger partial charge in [0.2, 0.25) is 0 Å². The predicted octanol–water partition coefficient (Wildman–Crippen LogP) is 1.78. The summed E-state index contributed by atoms with van der Waals surface area (Å²) in [5.74, 6) is -0.298. The second kappa shape index (κ2) is 5.75. The zero-order valence-corrected chi connectivity index (χ0v) is 11.5. The number of benzene rings is 1. The number of ketones is 1. The smallest absolute Gasteiger partial charge is 0.311 e. The van der Waals surface area contributed by atoms with Crippen LogP contribution in [0.1, 0.15) is 24.8 Å². The van der Waals surface area contributed by atoms with Crippen molar-refractivity contribution in [1.82, 2.24) is 4.90 Å². The first-order valence-corrected chi connectivity index (χ1v) is 7.23. The number of piperidine rings is 1. The van der Waals surface area contributed by atoms with Crippen molar-refractivity contribution < 1.29 is 14.3 Å². The van der Waals surface area contributed by atoms with Crippen molar-refractivity contribution in [2.75, 3.05) is 13.1 Å². The molecule has 2 atom stereocenters. The van der Waals surface area contributed by atoms with Gasteiger partial charge in [0.15, 0.2) is 5.78 Å². The van der Waals surface area contributed by atoms with Crippen molar-refractivity contribution in [3.05, 3.63) is 35.9 Å². The second-order valence-electron chi connectivity index (χ2n) is 5.54. The molecule has 0 N–H and O–H groups in total. The van der Waals surface area contributed by atoms with Crippen LogP contribution in [0.5, 0.6) is 0 Å². The number of rotatable bonds is 3. The molecule has 2 saturated heterocycles. The van der Waals surface area contributed by atoms with Gasteiger partial charge in [-0.05, 0) is 24.9 Å². The predicted molar refractivity (Wildman–Crippen MR) is 73.9 cm³/mol. The van der Waals surface area contributed by atoms with Crippen molar-refractivity contribution >= 4 is 11.8 Å². The fourth-order valence-electron chi connectivity index (χ4n) is 3.23. The number of fused-ring (bicyclic) bond motifs is 1. The Morgan fingerprint density at radius 2 is 2.05 bits per heavy atom. The number of carbonyl (C=O) groups excluding carboxylic acids is 2. The molecular formula is C16H19NO3.